The summed E-state index contributed by atoms with van der Waals surface area (Å²) in [5.74, 6) is 0. The Balaban J connectivity index is 2.29. The standard InChI is InChI=1S/C8H14N2O/c1-2-3-8-6-10(7-9)4-5-11-8/h8H,2-6H2,1H3. The van der Waals surface area contributed by atoms with E-state index in [1.54, 1.807) is 4.90 Å². The molecule has 1 aliphatic rings. The van der Waals surface area contributed by atoms with Crippen molar-refractivity contribution in [2.45, 2.75) is 25.9 Å². The zero-order valence-electron chi connectivity index (χ0n) is 6.92. The maximum Gasteiger partial charge on any atom is 0.179 e. The average molecular weight is 154 g/mol. The fourth-order valence-corrected chi connectivity index (χ4v) is 1.31. The molecule has 0 aromatic rings. The zero-order valence-corrected chi connectivity index (χ0v) is 6.92. The van der Waals surface area contributed by atoms with E-state index in [1.165, 1.54) is 0 Å². The fraction of sp³-hybridized carbons (Fsp3) is 0.875. The number of nitriles is 1. The van der Waals surface area contributed by atoms with Crippen molar-refractivity contribution < 1.29 is 4.74 Å². The van der Waals surface area contributed by atoms with E-state index in [0.717, 1.165) is 25.9 Å². The number of ether oxygens (including phenoxy) is 1. The minimum Gasteiger partial charge on any atom is -0.374 e. The van der Waals surface area contributed by atoms with E-state index in [2.05, 4.69) is 13.1 Å². The summed E-state index contributed by atoms with van der Waals surface area (Å²) in [6, 6.07) is 0. The highest BCUT2D eigenvalue weighted by Gasteiger charge is 2.17. The molecule has 0 N–H and O–H groups in total. The SMILES string of the molecule is CCCC1CN(C#N)CCO1. The average Bonchev–Trinajstić information content (AvgIpc) is 2.06. The Morgan fingerprint density at radius 3 is 3.18 bits per heavy atom. The zero-order chi connectivity index (χ0) is 8.10. The molecule has 62 valence electrons. The third kappa shape index (κ3) is 2.39. The Labute approximate surface area is 67.6 Å². The summed E-state index contributed by atoms with van der Waals surface area (Å²) in [5.41, 5.74) is 0. The first-order valence-corrected chi connectivity index (χ1v) is 4.13. The van der Waals surface area contributed by atoms with Gasteiger partial charge in [-0.2, -0.15) is 5.26 Å². The highest BCUT2D eigenvalue weighted by Crippen LogP contribution is 2.08. The first kappa shape index (κ1) is 8.35. The van der Waals surface area contributed by atoms with E-state index in [1.807, 2.05) is 0 Å². The Bertz CT molecular complexity index is 151. The van der Waals surface area contributed by atoms with Crippen LogP contribution in [0.4, 0.5) is 0 Å². The van der Waals surface area contributed by atoms with Crippen molar-refractivity contribution in [3.63, 3.8) is 0 Å². The fourth-order valence-electron chi connectivity index (χ4n) is 1.31. The van der Waals surface area contributed by atoms with Crippen molar-refractivity contribution in [2.24, 2.45) is 0 Å². The largest absolute Gasteiger partial charge is 0.374 e. The molecule has 0 spiro atoms. The summed E-state index contributed by atoms with van der Waals surface area (Å²) in [5, 5.41) is 8.60. The number of hydrogen-bond acceptors (Lipinski definition) is 3. The number of morpholine rings is 1. The van der Waals surface area contributed by atoms with Crippen LogP contribution in [0.2, 0.25) is 0 Å². The van der Waals surface area contributed by atoms with Gasteiger partial charge >= 0.3 is 0 Å². The summed E-state index contributed by atoms with van der Waals surface area (Å²) in [4.78, 5) is 1.77. The molecule has 1 saturated heterocycles. The lowest BCUT2D eigenvalue weighted by atomic mass is 10.2. The molecular formula is C8H14N2O. The Hall–Kier alpha value is -0.750. The van der Waals surface area contributed by atoms with Gasteiger partial charge in [-0.25, -0.2) is 0 Å². The van der Waals surface area contributed by atoms with Crippen LogP contribution in [0.1, 0.15) is 19.8 Å². The van der Waals surface area contributed by atoms with Gasteiger partial charge in [0.15, 0.2) is 6.19 Å². The summed E-state index contributed by atoms with van der Waals surface area (Å²) in [6.07, 6.45) is 4.63. The third-order valence-electron chi connectivity index (χ3n) is 1.89. The van der Waals surface area contributed by atoms with Crippen molar-refractivity contribution in [1.29, 1.82) is 5.26 Å². The summed E-state index contributed by atoms with van der Waals surface area (Å²) in [7, 11) is 0. The summed E-state index contributed by atoms with van der Waals surface area (Å²) < 4.78 is 5.46. The number of nitrogens with zero attached hydrogens (tertiary/aromatic N) is 2. The maximum absolute atomic E-state index is 8.60. The lowest BCUT2D eigenvalue weighted by Crippen LogP contribution is -2.39. The van der Waals surface area contributed by atoms with Gasteiger partial charge in [0.05, 0.1) is 25.8 Å². The van der Waals surface area contributed by atoms with E-state index < -0.39 is 0 Å². The molecule has 0 radical (unpaired) electrons. The molecular weight excluding hydrogens is 140 g/mol. The lowest BCUT2D eigenvalue weighted by Gasteiger charge is -2.28. The Morgan fingerprint density at radius 1 is 1.73 bits per heavy atom. The van der Waals surface area contributed by atoms with Crippen LogP contribution in [0, 0.1) is 11.5 Å². The molecule has 0 amide bonds. The molecule has 1 rings (SSSR count). The van der Waals surface area contributed by atoms with Gasteiger partial charge in [-0.15, -0.1) is 0 Å². The molecule has 3 heteroatoms. The third-order valence-corrected chi connectivity index (χ3v) is 1.89. The molecule has 1 aliphatic heterocycles. The van der Waals surface area contributed by atoms with Crippen molar-refractivity contribution in [2.75, 3.05) is 19.7 Å². The van der Waals surface area contributed by atoms with Crippen LogP contribution >= 0.6 is 0 Å². The van der Waals surface area contributed by atoms with Crippen LogP contribution in [-0.4, -0.2) is 30.7 Å². The second-order valence-corrected chi connectivity index (χ2v) is 2.83. The normalized spacial score (nSPS) is 24.7. The smallest absolute Gasteiger partial charge is 0.179 e. The highest BCUT2D eigenvalue weighted by molar-refractivity contribution is 4.80. The van der Waals surface area contributed by atoms with Gasteiger partial charge in [0, 0.05) is 0 Å². The molecule has 1 heterocycles. The van der Waals surface area contributed by atoms with Crippen molar-refractivity contribution >= 4 is 0 Å². The van der Waals surface area contributed by atoms with E-state index >= 15 is 0 Å². The summed E-state index contributed by atoms with van der Waals surface area (Å²) in [6.45, 7) is 4.38. The molecule has 0 aromatic carbocycles. The van der Waals surface area contributed by atoms with Crippen molar-refractivity contribution in [1.82, 2.24) is 4.90 Å². The monoisotopic (exact) mass is 154 g/mol. The second-order valence-electron chi connectivity index (χ2n) is 2.83. The van der Waals surface area contributed by atoms with Crippen molar-refractivity contribution in [3.05, 3.63) is 0 Å². The van der Waals surface area contributed by atoms with Crippen LogP contribution in [0.5, 0.6) is 0 Å². The van der Waals surface area contributed by atoms with E-state index in [9.17, 15) is 0 Å². The predicted molar refractivity (Wildman–Crippen MR) is 41.8 cm³/mol. The highest BCUT2D eigenvalue weighted by atomic mass is 16.5. The maximum atomic E-state index is 8.60. The van der Waals surface area contributed by atoms with Gasteiger partial charge in [0.25, 0.3) is 0 Å². The molecule has 11 heavy (non-hydrogen) atoms. The lowest BCUT2D eigenvalue weighted by molar-refractivity contribution is -0.0139. The minimum absolute atomic E-state index is 0.286. The quantitative estimate of drug-likeness (QED) is 0.556. The van der Waals surface area contributed by atoms with Crippen LogP contribution in [0.15, 0.2) is 0 Å². The van der Waals surface area contributed by atoms with Gasteiger partial charge < -0.3 is 9.64 Å². The molecule has 0 aliphatic carbocycles. The van der Waals surface area contributed by atoms with Crippen LogP contribution in [-0.2, 0) is 4.74 Å². The van der Waals surface area contributed by atoms with Gasteiger partial charge in [-0.05, 0) is 6.42 Å². The molecule has 1 atom stereocenters. The Kier molecular flexibility index (Phi) is 3.18. The first-order chi connectivity index (χ1) is 5.36. The van der Waals surface area contributed by atoms with E-state index in [4.69, 9.17) is 10.00 Å². The van der Waals surface area contributed by atoms with E-state index in [-0.39, 0.29) is 6.10 Å². The van der Waals surface area contributed by atoms with Crippen LogP contribution in [0.3, 0.4) is 0 Å². The van der Waals surface area contributed by atoms with Crippen LogP contribution < -0.4 is 0 Å². The predicted octanol–water partition coefficient (Wildman–Crippen LogP) is 0.968. The van der Waals surface area contributed by atoms with Crippen molar-refractivity contribution in [3.8, 4) is 6.19 Å². The molecule has 1 unspecified atom stereocenters. The molecule has 1 fully saturated rings. The molecule has 0 aromatic heterocycles. The van der Waals surface area contributed by atoms with E-state index in [0.29, 0.717) is 6.61 Å². The second kappa shape index (κ2) is 4.20. The number of hydrogen-bond donors (Lipinski definition) is 0. The Morgan fingerprint density at radius 2 is 2.55 bits per heavy atom. The minimum atomic E-state index is 0.286. The first-order valence-electron chi connectivity index (χ1n) is 4.13. The van der Waals surface area contributed by atoms with Gasteiger partial charge in [-0.1, -0.05) is 13.3 Å². The van der Waals surface area contributed by atoms with Crippen LogP contribution in [0.25, 0.3) is 0 Å². The number of rotatable bonds is 2. The molecule has 0 bridgehead atoms. The topological polar surface area (TPSA) is 36.3 Å². The van der Waals surface area contributed by atoms with Gasteiger partial charge in [0.1, 0.15) is 0 Å². The molecule has 3 nitrogen and oxygen atoms in total. The molecule has 0 saturated carbocycles. The summed E-state index contributed by atoms with van der Waals surface area (Å²) >= 11 is 0. The van der Waals surface area contributed by atoms with Gasteiger partial charge in [-0.3, -0.25) is 0 Å². The van der Waals surface area contributed by atoms with Gasteiger partial charge in [0.2, 0.25) is 0 Å².